The molecule has 0 radical (unpaired) electrons. The van der Waals surface area contributed by atoms with E-state index < -0.39 is 5.97 Å². The minimum Gasteiger partial charge on any atom is -0.465 e. The summed E-state index contributed by atoms with van der Waals surface area (Å²) in [6.07, 6.45) is 5.21. The van der Waals surface area contributed by atoms with Gasteiger partial charge in [-0.1, -0.05) is 11.6 Å². The first-order valence-electron chi connectivity index (χ1n) is 6.97. The Morgan fingerprint density at radius 3 is 2.75 bits per heavy atom. The van der Waals surface area contributed by atoms with Crippen molar-refractivity contribution in [1.29, 1.82) is 0 Å². The Morgan fingerprint density at radius 1 is 1.50 bits per heavy atom. The molecule has 0 amide bonds. The Morgan fingerprint density at radius 2 is 2.20 bits per heavy atom. The maximum Gasteiger partial charge on any atom is 0.340 e. The van der Waals surface area contributed by atoms with E-state index in [1.807, 2.05) is 0 Å². The van der Waals surface area contributed by atoms with Crippen LogP contribution in [0.15, 0.2) is 12.1 Å². The SMILES string of the molecule is COC(=O)c1cc(N)cc(Cl)c1NCC1(C2CC2)CC1. The van der Waals surface area contributed by atoms with Gasteiger partial charge in [-0.15, -0.1) is 0 Å². The van der Waals surface area contributed by atoms with Gasteiger partial charge in [0.1, 0.15) is 0 Å². The highest BCUT2D eigenvalue weighted by Gasteiger charge is 2.53. The lowest BCUT2D eigenvalue weighted by Gasteiger charge is -2.19. The van der Waals surface area contributed by atoms with Gasteiger partial charge in [-0.25, -0.2) is 4.79 Å². The quantitative estimate of drug-likeness (QED) is 0.646. The third kappa shape index (κ3) is 2.44. The molecular formula is C15H19ClN2O2. The number of nitrogen functional groups attached to an aromatic ring is 1. The van der Waals surface area contributed by atoms with E-state index in [-0.39, 0.29) is 0 Å². The van der Waals surface area contributed by atoms with Gasteiger partial charge in [0.2, 0.25) is 0 Å². The van der Waals surface area contributed by atoms with E-state index in [2.05, 4.69) is 5.32 Å². The summed E-state index contributed by atoms with van der Waals surface area (Å²) in [5, 5.41) is 3.83. The summed E-state index contributed by atoms with van der Waals surface area (Å²) in [6.45, 7) is 0.866. The monoisotopic (exact) mass is 294 g/mol. The van der Waals surface area contributed by atoms with Gasteiger partial charge in [0.15, 0.2) is 0 Å². The molecule has 2 saturated carbocycles. The van der Waals surface area contributed by atoms with E-state index in [0.717, 1.165) is 12.5 Å². The maximum absolute atomic E-state index is 11.8. The van der Waals surface area contributed by atoms with Crippen LogP contribution in [0.4, 0.5) is 11.4 Å². The maximum atomic E-state index is 11.8. The number of hydrogen-bond donors (Lipinski definition) is 2. The van der Waals surface area contributed by atoms with E-state index in [1.165, 1.54) is 32.8 Å². The average Bonchev–Trinajstić information content (AvgIpc) is 3.26. The summed E-state index contributed by atoms with van der Waals surface area (Å²) in [4.78, 5) is 11.8. The molecular weight excluding hydrogens is 276 g/mol. The van der Waals surface area contributed by atoms with Crippen molar-refractivity contribution in [1.82, 2.24) is 0 Å². The molecule has 0 atom stereocenters. The second-order valence-corrected chi connectivity index (χ2v) is 6.31. The van der Waals surface area contributed by atoms with Crippen molar-refractivity contribution >= 4 is 28.9 Å². The van der Waals surface area contributed by atoms with Crippen molar-refractivity contribution < 1.29 is 9.53 Å². The minimum atomic E-state index is -0.419. The number of esters is 1. The molecule has 3 rings (SSSR count). The summed E-state index contributed by atoms with van der Waals surface area (Å²) in [5.41, 5.74) is 7.69. The Hall–Kier alpha value is -1.42. The van der Waals surface area contributed by atoms with Crippen LogP contribution in [-0.2, 0) is 4.74 Å². The number of anilines is 2. The Labute approximate surface area is 123 Å². The first kappa shape index (κ1) is 13.6. The molecule has 0 unspecified atom stereocenters. The topological polar surface area (TPSA) is 64.3 Å². The highest BCUT2D eigenvalue weighted by molar-refractivity contribution is 6.34. The summed E-state index contributed by atoms with van der Waals surface area (Å²) in [5.74, 6) is 0.433. The van der Waals surface area contributed by atoms with Crippen molar-refractivity contribution in [3.63, 3.8) is 0 Å². The lowest BCUT2D eigenvalue weighted by Crippen LogP contribution is -2.19. The zero-order valence-electron chi connectivity index (χ0n) is 11.5. The van der Waals surface area contributed by atoms with Crippen LogP contribution in [0.5, 0.6) is 0 Å². The van der Waals surface area contributed by atoms with Gasteiger partial charge in [-0.3, -0.25) is 0 Å². The minimum absolute atomic E-state index is 0.407. The molecule has 0 spiro atoms. The summed E-state index contributed by atoms with van der Waals surface area (Å²) < 4.78 is 4.80. The lowest BCUT2D eigenvalue weighted by molar-refractivity contribution is 0.0602. The number of carbonyl (C=O) groups is 1. The van der Waals surface area contributed by atoms with Crippen LogP contribution in [0.3, 0.4) is 0 Å². The normalized spacial score (nSPS) is 19.5. The van der Waals surface area contributed by atoms with Crippen molar-refractivity contribution in [2.24, 2.45) is 11.3 Å². The summed E-state index contributed by atoms with van der Waals surface area (Å²) in [7, 11) is 1.36. The van der Waals surface area contributed by atoms with Crippen molar-refractivity contribution in [3.05, 3.63) is 22.7 Å². The molecule has 108 valence electrons. The average molecular weight is 295 g/mol. The number of methoxy groups -OCH3 is 1. The van der Waals surface area contributed by atoms with Crippen LogP contribution in [0, 0.1) is 11.3 Å². The number of halogens is 1. The zero-order valence-corrected chi connectivity index (χ0v) is 12.3. The van der Waals surface area contributed by atoms with Crippen LogP contribution in [0.2, 0.25) is 5.02 Å². The van der Waals surface area contributed by atoms with E-state index in [1.54, 1.807) is 12.1 Å². The van der Waals surface area contributed by atoms with Gasteiger partial charge in [-0.05, 0) is 49.1 Å². The van der Waals surface area contributed by atoms with E-state index in [9.17, 15) is 4.79 Å². The van der Waals surface area contributed by atoms with Crippen molar-refractivity contribution in [3.8, 4) is 0 Å². The van der Waals surface area contributed by atoms with Gasteiger partial charge >= 0.3 is 5.97 Å². The Bertz CT molecular complexity index is 551. The molecule has 4 nitrogen and oxygen atoms in total. The van der Waals surface area contributed by atoms with Gasteiger partial charge in [0.05, 0.1) is 23.4 Å². The molecule has 2 fully saturated rings. The first-order valence-corrected chi connectivity index (χ1v) is 7.35. The number of benzene rings is 1. The van der Waals surface area contributed by atoms with E-state index in [4.69, 9.17) is 22.1 Å². The van der Waals surface area contributed by atoms with Gasteiger partial charge in [0.25, 0.3) is 0 Å². The van der Waals surface area contributed by atoms with Crippen LogP contribution in [0.25, 0.3) is 0 Å². The second kappa shape index (κ2) is 4.85. The predicted octanol–water partition coefficient (Wildman–Crippen LogP) is 3.31. The van der Waals surface area contributed by atoms with Gasteiger partial charge < -0.3 is 15.8 Å². The van der Waals surface area contributed by atoms with E-state index >= 15 is 0 Å². The Kier molecular flexibility index (Phi) is 3.28. The number of carbonyl (C=O) groups excluding carboxylic acids is 1. The fraction of sp³-hybridized carbons (Fsp3) is 0.533. The number of ether oxygens (including phenoxy) is 1. The van der Waals surface area contributed by atoms with Gasteiger partial charge in [0, 0.05) is 12.2 Å². The van der Waals surface area contributed by atoms with Crippen LogP contribution in [-0.4, -0.2) is 19.6 Å². The highest BCUT2D eigenvalue weighted by atomic mass is 35.5. The molecule has 20 heavy (non-hydrogen) atoms. The summed E-state index contributed by atoms with van der Waals surface area (Å²) in [6, 6.07) is 3.27. The third-order valence-corrected chi connectivity index (χ3v) is 4.77. The lowest BCUT2D eigenvalue weighted by atomic mass is 10.0. The molecule has 0 aromatic heterocycles. The molecule has 0 saturated heterocycles. The smallest absolute Gasteiger partial charge is 0.340 e. The van der Waals surface area contributed by atoms with Crippen LogP contribution in [0.1, 0.15) is 36.0 Å². The molecule has 0 bridgehead atoms. The molecule has 0 heterocycles. The molecule has 1 aromatic rings. The van der Waals surface area contributed by atoms with E-state index in [0.29, 0.717) is 27.4 Å². The fourth-order valence-electron chi connectivity index (χ4n) is 2.93. The van der Waals surface area contributed by atoms with Crippen molar-refractivity contribution in [2.45, 2.75) is 25.7 Å². The standard InChI is InChI=1S/C15H19ClN2O2/c1-20-14(19)11-6-10(17)7-12(16)13(11)18-8-15(4-5-15)9-2-3-9/h6-7,9,18H,2-5,8,17H2,1H3. The Balaban J connectivity index is 1.82. The highest BCUT2D eigenvalue weighted by Crippen LogP contribution is 2.61. The molecule has 5 heteroatoms. The number of hydrogen-bond acceptors (Lipinski definition) is 4. The number of nitrogens with two attached hydrogens (primary N) is 1. The third-order valence-electron chi connectivity index (χ3n) is 4.47. The molecule has 1 aromatic carbocycles. The molecule has 2 aliphatic carbocycles. The van der Waals surface area contributed by atoms with Crippen LogP contribution < -0.4 is 11.1 Å². The zero-order chi connectivity index (χ0) is 14.3. The fourth-order valence-corrected chi connectivity index (χ4v) is 3.22. The molecule has 2 aliphatic rings. The number of rotatable bonds is 5. The predicted molar refractivity (Wildman–Crippen MR) is 80.1 cm³/mol. The molecule has 3 N–H and O–H groups in total. The first-order chi connectivity index (χ1) is 9.55. The second-order valence-electron chi connectivity index (χ2n) is 5.91. The van der Waals surface area contributed by atoms with Crippen molar-refractivity contribution in [2.75, 3.05) is 24.7 Å². The van der Waals surface area contributed by atoms with Crippen LogP contribution >= 0.6 is 11.6 Å². The number of nitrogens with one attached hydrogen (secondary N) is 1. The molecule has 0 aliphatic heterocycles. The summed E-state index contributed by atoms with van der Waals surface area (Å²) >= 11 is 6.23. The largest absolute Gasteiger partial charge is 0.465 e. The van der Waals surface area contributed by atoms with Gasteiger partial charge in [-0.2, -0.15) is 0 Å².